The van der Waals surface area contributed by atoms with Gasteiger partial charge in [0.25, 0.3) is 0 Å². The summed E-state index contributed by atoms with van der Waals surface area (Å²) in [5, 5.41) is 3.55. The molecule has 0 bridgehead atoms. The normalized spacial score (nSPS) is 10.7. The molecule has 0 atom stereocenters. The van der Waals surface area contributed by atoms with Crippen LogP contribution >= 0.6 is 0 Å². The summed E-state index contributed by atoms with van der Waals surface area (Å²) in [4.78, 5) is 0. The number of hydrogen-bond acceptors (Lipinski definition) is 1. The highest BCUT2D eigenvalue weighted by Crippen LogP contribution is 2.19. The Morgan fingerprint density at radius 3 is 2.44 bits per heavy atom. The molecule has 0 saturated heterocycles. The first-order valence-electron chi connectivity index (χ1n) is 6.57. The SMILES string of the molecule is CCc1ccccc1NCc1cc(C)n(C)c1C. The van der Waals surface area contributed by atoms with Gasteiger partial charge in [-0.2, -0.15) is 0 Å². The van der Waals surface area contributed by atoms with Crippen molar-refractivity contribution in [2.75, 3.05) is 5.32 Å². The van der Waals surface area contributed by atoms with Gasteiger partial charge < -0.3 is 9.88 Å². The quantitative estimate of drug-likeness (QED) is 0.862. The molecule has 0 spiro atoms. The van der Waals surface area contributed by atoms with E-state index in [1.165, 1.54) is 28.2 Å². The van der Waals surface area contributed by atoms with Gasteiger partial charge in [0.15, 0.2) is 0 Å². The Morgan fingerprint density at radius 2 is 1.83 bits per heavy atom. The Hall–Kier alpha value is -1.70. The molecular formula is C16H22N2. The van der Waals surface area contributed by atoms with E-state index in [9.17, 15) is 0 Å². The highest BCUT2D eigenvalue weighted by molar-refractivity contribution is 5.51. The van der Waals surface area contributed by atoms with Crippen molar-refractivity contribution in [1.82, 2.24) is 4.57 Å². The second-order valence-corrected chi connectivity index (χ2v) is 4.82. The van der Waals surface area contributed by atoms with Gasteiger partial charge in [-0.1, -0.05) is 25.1 Å². The predicted octanol–water partition coefficient (Wildman–Crippen LogP) is 3.82. The molecule has 2 aromatic rings. The third-order valence-electron chi connectivity index (χ3n) is 3.75. The van der Waals surface area contributed by atoms with E-state index in [4.69, 9.17) is 0 Å². The van der Waals surface area contributed by atoms with E-state index in [1.807, 2.05) is 0 Å². The maximum absolute atomic E-state index is 3.55. The Kier molecular flexibility index (Phi) is 3.75. The van der Waals surface area contributed by atoms with Crippen molar-refractivity contribution in [3.05, 3.63) is 52.8 Å². The van der Waals surface area contributed by atoms with Crippen molar-refractivity contribution in [2.45, 2.75) is 33.7 Å². The third-order valence-corrected chi connectivity index (χ3v) is 3.75. The summed E-state index contributed by atoms with van der Waals surface area (Å²) in [7, 11) is 2.12. The van der Waals surface area contributed by atoms with Crippen molar-refractivity contribution in [1.29, 1.82) is 0 Å². The molecule has 0 saturated carbocycles. The van der Waals surface area contributed by atoms with Crippen LogP contribution in [0.2, 0.25) is 0 Å². The van der Waals surface area contributed by atoms with Crippen molar-refractivity contribution >= 4 is 5.69 Å². The minimum atomic E-state index is 0.893. The molecule has 2 nitrogen and oxygen atoms in total. The molecule has 1 heterocycles. The van der Waals surface area contributed by atoms with Gasteiger partial charge in [-0.25, -0.2) is 0 Å². The minimum absolute atomic E-state index is 0.893. The number of hydrogen-bond donors (Lipinski definition) is 1. The number of aryl methyl sites for hydroxylation is 2. The molecule has 1 aromatic heterocycles. The summed E-state index contributed by atoms with van der Waals surface area (Å²) < 4.78 is 2.24. The molecule has 96 valence electrons. The first kappa shape index (κ1) is 12.7. The van der Waals surface area contributed by atoms with Gasteiger partial charge in [0.1, 0.15) is 0 Å². The monoisotopic (exact) mass is 242 g/mol. The highest BCUT2D eigenvalue weighted by Gasteiger charge is 2.06. The van der Waals surface area contributed by atoms with Crippen molar-refractivity contribution in [2.24, 2.45) is 7.05 Å². The second kappa shape index (κ2) is 5.30. The number of nitrogens with one attached hydrogen (secondary N) is 1. The van der Waals surface area contributed by atoms with Crippen LogP contribution in [0.1, 0.15) is 29.4 Å². The molecule has 1 N–H and O–H groups in total. The van der Waals surface area contributed by atoms with Crippen molar-refractivity contribution in [3.8, 4) is 0 Å². The fraction of sp³-hybridized carbons (Fsp3) is 0.375. The summed E-state index contributed by atoms with van der Waals surface area (Å²) in [6.07, 6.45) is 1.07. The summed E-state index contributed by atoms with van der Waals surface area (Å²) >= 11 is 0. The van der Waals surface area contributed by atoms with Gasteiger partial charge in [0, 0.05) is 30.7 Å². The van der Waals surface area contributed by atoms with Gasteiger partial charge in [0.2, 0.25) is 0 Å². The fourth-order valence-electron chi connectivity index (χ4n) is 2.30. The minimum Gasteiger partial charge on any atom is -0.381 e. The predicted molar refractivity (Wildman–Crippen MR) is 78.0 cm³/mol. The lowest BCUT2D eigenvalue weighted by Crippen LogP contribution is -2.03. The zero-order valence-corrected chi connectivity index (χ0v) is 11.7. The second-order valence-electron chi connectivity index (χ2n) is 4.82. The lowest BCUT2D eigenvalue weighted by Gasteiger charge is -2.10. The number of anilines is 1. The third kappa shape index (κ3) is 2.42. The topological polar surface area (TPSA) is 17.0 Å². The highest BCUT2D eigenvalue weighted by atomic mass is 15.0. The van der Waals surface area contributed by atoms with Crippen LogP contribution in [-0.4, -0.2) is 4.57 Å². The molecular weight excluding hydrogens is 220 g/mol. The first-order chi connectivity index (χ1) is 8.63. The Bertz CT molecular complexity index is 538. The van der Waals surface area contributed by atoms with Crippen LogP contribution in [0, 0.1) is 13.8 Å². The van der Waals surface area contributed by atoms with Gasteiger partial charge in [-0.05, 0) is 43.5 Å². The van der Waals surface area contributed by atoms with Crippen LogP contribution in [0.3, 0.4) is 0 Å². The van der Waals surface area contributed by atoms with E-state index >= 15 is 0 Å². The largest absolute Gasteiger partial charge is 0.381 e. The molecule has 0 aliphatic carbocycles. The van der Waals surface area contributed by atoms with Gasteiger partial charge >= 0.3 is 0 Å². The maximum atomic E-state index is 3.55. The average Bonchev–Trinajstić information content (AvgIpc) is 2.64. The number of aromatic nitrogens is 1. The van der Waals surface area contributed by atoms with E-state index in [0.29, 0.717) is 0 Å². The summed E-state index contributed by atoms with van der Waals surface area (Å²) in [6.45, 7) is 7.41. The van der Waals surface area contributed by atoms with E-state index < -0.39 is 0 Å². The molecule has 2 heteroatoms. The Labute approximate surface area is 110 Å². The van der Waals surface area contributed by atoms with Crippen molar-refractivity contribution in [3.63, 3.8) is 0 Å². The number of benzene rings is 1. The zero-order chi connectivity index (χ0) is 13.1. The molecule has 0 amide bonds. The van der Waals surface area contributed by atoms with Gasteiger partial charge in [-0.3, -0.25) is 0 Å². The molecule has 18 heavy (non-hydrogen) atoms. The van der Waals surface area contributed by atoms with E-state index in [2.05, 4.69) is 68.0 Å². The lowest BCUT2D eigenvalue weighted by atomic mass is 10.1. The molecule has 0 unspecified atom stereocenters. The van der Waals surface area contributed by atoms with E-state index in [0.717, 1.165) is 13.0 Å². The molecule has 0 aliphatic heterocycles. The zero-order valence-electron chi connectivity index (χ0n) is 11.7. The lowest BCUT2D eigenvalue weighted by molar-refractivity contribution is 0.837. The molecule has 1 aromatic carbocycles. The van der Waals surface area contributed by atoms with Gasteiger partial charge in [0.05, 0.1) is 0 Å². The Morgan fingerprint density at radius 1 is 1.11 bits per heavy atom. The Balaban J connectivity index is 2.14. The fourth-order valence-corrected chi connectivity index (χ4v) is 2.30. The summed E-state index contributed by atoms with van der Waals surface area (Å²) in [6, 6.07) is 10.8. The van der Waals surface area contributed by atoms with Crippen LogP contribution in [0.4, 0.5) is 5.69 Å². The van der Waals surface area contributed by atoms with Crippen LogP contribution < -0.4 is 5.32 Å². The van der Waals surface area contributed by atoms with Crippen LogP contribution in [0.15, 0.2) is 30.3 Å². The van der Waals surface area contributed by atoms with Crippen LogP contribution in [0.25, 0.3) is 0 Å². The van der Waals surface area contributed by atoms with Crippen molar-refractivity contribution < 1.29 is 0 Å². The molecule has 0 radical (unpaired) electrons. The summed E-state index contributed by atoms with van der Waals surface area (Å²) in [5.74, 6) is 0. The number of rotatable bonds is 4. The summed E-state index contributed by atoms with van der Waals surface area (Å²) in [5.41, 5.74) is 6.66. The van der Waals surface area contributed by atoms with Crippen LogP contribution in [-0.2, 0) is 20.0 Å². The average molecular weight is 242 g/mol. The van der Waals surface area contributed by atoms with Gasteiger partial charge in [-0.15, -0.1) is 0 Å². The number of para-hydroxylation sites is 1. The standard InChI is InChI=1S/C16H22N2/c1-5-14-8-6-7-9-16(14)17-11-15-10-12(2)18(4)13(15)3/h6-10,17H,5,11H2,1-4H3. The molecule has 0 aliphatic rings. The molecule has 2 rings (SSSR count). The molecule has 0 fully saturated rings. The first-order valence-corrected chi connectivity index (χ1v) is 6.57. The van der Waals surface area contributed by atoms with E-state index in [1.54, 1.807) is 0 Å². The van der Waals surface area contributed by atoms with E-state index in [-0.39, 0.29) is 0 Å². The number of nitrogens with zero attached hydrogens (tertiary/aromatic N) is 1. The maximum Gasteiger partial charge on any atom is 0.0418 e. The smallest absolute Gasteiger partial charge is 0.0418 e. The van der Waals surface area contributed by atoms with Crippen LogP contribution in [0.5, 0.6) is 0 Å².